The zero-order valence-electron chi connectivity index (χ0n) is 8.03. The third-order valence-corrected chi connectivity index (χ3v) is 1.69. The van der Waals surface area contributed by atoms with Crippen LogP contribution in [0.1, 0.15) is 10.4 Å². The first-order valence-electron chi connectivity index (χ1n) is 4.12. The van der Waals surface area contributed by atoms with Crippen LogP contribution < -0.4 is 4.74 Å². The third-order valence-electron chi connectivity index (χ3n) is 1.69. The fourth-order valence-corrected chi connectivity index (χ4v) is 0.961. The maximum atomic E-state index is 13.2. The van der Waals surface area contributed by atoms with E-state index in [1.807, 2.05) is 0 Å². The van der Waals surface area contributed by atoms with Crippen molar-refractivity contribution in [2.45, 2.75) is 0 Å². The van der Waals surface area contributed by atoms with Crippen LogP contribution in [0.2, 0.25) is 0 Å². The van der Waals surface area contributed by atoms with Gasteiger partial charge in [0.25, 0.3) is 0 Å². The number of methoxy groups -OCH3 is 1. The molecule has 15 heavy (non-hydrogen) atoms. The molecule has 0 saturated carbocycles. The van der Waals surface area contributed by atoms with E-state index in [9.17, 15) is 14.0 Å². The van der Waals surface area contributed by atoms with Gasteiger partial charge in [-0.15, -0.1) is 0 Å². The lowest BCUT2D eigenvalue weighted by Gasteiger charge is -2.07. The van der Waals surface area contributed by atoms with Crippen molar-refractivity contribution >= 4 is 12.3 Å². The van der Waals surface area contributed by atoms with Gasteiger partial charge in [0.1, 0.15) is 0 Å². The molecule has 0 saturated heterocycles. The van der Waals surface area contributed by atoms with E-state index in [0.29, 0.717) is 6.29 Å². The standard InChI is InChI=1S/C10H9FO4/c1-14-9(13)6-15-10-7(5-12)3-2-4-8(10)11/h2-5H,6H2,1H3. The van der Waals surface area contributed by atoms with Crippen LogP contribution in [0.3, 0.4) is 0 Å². The SMILES string of the molecule is COC(=O)COc1c(F)cccc1C=O. The number of hydrogen-bond donors (Lipinski definition) is 0. The Balaban J connectivity index is 2.83. The summed E-state index contributed by atoms with van der Waals surface area (Å²) in [4.78, 5) is 21.3. The molecule has 0 radical (unpaired) electrons. The molecule has 0 fully saturated rings. The molecular weight excluding hydrogens is 203 g/mol. The number of carbonyl (C=O) groups excluding carboxylic acids is 2. The maximum absolute atomic E-state index is 13.2. The van der Waals surface area contributed by atoms with Crippen molar-refractivity contribution < 1.29 is 23.5 Å². The third kappa shape index (κ3) is 2.77. The molecule has 0 atom stereocenters. The number of benzene rings is 1. The topological polar surface area (TPSA) is 52.6 Å². The van der Waals surface area contributed by atoms with E-state index in [4.69, 9.17) is 4.74 Å². The molecule has 0 heterocycles. The molecule has 1 aromatic rings. The average Bonchev–Trinajstić information content (AvgIpc) is 2.26. The van der Waals surface area contributed by atoms with Crippen LogP contribution in [-0.4, -0.2) is 26.0 Å². The molecule has 0 aliphatic heterocycles. The van der Waals surface area contributed by atoms with Gasteiger partial charge in [0.15, 0.2) is 24.5 Å². The number of carbonyl (C=O) groups is 2. The van der Waals surface area contributed by atoms with Crippen LogP contribution in [-0.2, 0) is 9.53 Å². The Kier molecular flexibility index (Phi) is 3.79. The van der Waals surface area contributed by atoms with Crippen LogP contribution in [0.5, 0.6) is 5.75 Å². The minimum Gasteiger partial charge on any atom is -0.478 e. The van der Waals surface area contributed by atoms with Crippen molar-refractivity contribution in [2.75, 3.05) is 13.7 Å². The van der Waals surface area contributed by atoms with E-state index in [0.717, 1.165) is 6.07 Å². The highest BCUT2D eigenvalue weighted by molar-refractivity contribution is 5.79. The predicted molar refractivity (Wildman–Crippen MR) is 49.3 cm³/mol. The van der Waals surface area contributed by atoms with Gasteiger partial charge >= 0.3 is 5.97 Å². The van der Waals surface area contributed by atoms with Gasteiger partial charge in [0.2, 0.25) is 0 Å². The van der Waals surface area contributed by atoms with Crippen molar-refractivity contribution in [3.63, 3.8) is 0 Å². The van der Waals surface area contributed by atoms with Gasteiger partial charge in [-0.3, -0.25) is 4.79 Å². The highest BCUT2D eigenvalue weighted by atomic mass is 19.1. The second-order valence-electron chi connectivity index (χ2n) is 2.64. The number of esters is 1. The van der Waals surface area contributed by atoms with Crippen LogP contribution in [0.25, 0.3) is 0 Å². The van der Waals surface area contributed by atoms with Gasteiger partial charge in [-0.05, 0) is 12.1 Å². The molecule has 0 spiro atoms. The van der Waals surface area contributed by atoms with Crippen molar-refractivity contribution in [3.05, 3.63) is 29.6 Å². The molecule has 4 nitrogen and oxygen atoms in total. The largest absolute Gasteiger partial charge is 0.478 e. The van der Waals surface area contributed by atoms with E-state index < -0.39 is 18.4 Å². The summed E-state index contributed by atoms with van der Waals surface area (Å²) in [6.07, 6.45) is 0.454. The molecule has 5 heteroatoms. The van der Waals surface area contributed by atoms with E-state index in [-0.39, 0.29) is 11.3 Å². The Hall–Kier alpha value is -1.91. The Morgan fingerprint density at radius 1 is 1.53 bits per heavy atom. The summed E-state index contributed by atoms with van der Waals surface area (Å²) in [6, 6.07) is 3.91. The normalized spacial score (nSPS) is 9.47. The highest BCUT2D eigenvalue weighted by Gasteiger charge is 2.11. The number of aldehydes is 1. The van der Waals surface area contributed by atoms with Crippen molar-refractivity contribution in [3.8, 4) is 5.75 Å². The lowest BCUT2D eigenvalue weighted by atomic mass is 10.2. The summed E-state index contributed by atoms with van der Waals surface area (Å²) in [7, 11) is 1.19. The molecule has 0 aromatic heterocycles. The smallest absolute Gasteiger partial charge is 0.343 e. The summed E-state index contributed by atoms with van der Waals surface area (Å²) in [6.45, 7) is -0.432. The number of halogens is 1. The van der Waals surface area contributed by atoms with Gasteiger partial charge < -0.3 is 9.47 Å². The zero-order chi connectivity index (χ0) is 11.3. The van der Waals surface area contributed by atoms with Crippen LogP contribution in [0, 0.1) is 5.82 Å². The summed E-state index contributed by atoms with van der Waals surface area (Å²) < 4.78 is 22.3. The van der Waals surface area contributed by atoms with Crippen molar-refractivity contribution in [2.24, 2.45) is 0 Å². The molecule has 80 valence electrons. The number of para-hydroxylation sites is 1. The van der Waals surface area contributed by atoms with Gasteiger partial charge in [-0.25, -0.2) is 9.18 Å². The van der Waals surface area contributed by atoms with Crippen LogP contribution in [0.15, 0.2) is 18.2 Å². The summed E-state index contributed by atoms with van der Waals surface area (Å²) in [5.74, 6) is -1.57. The molecular formula is C10H9FO4. The first-order chi connectivity index (χ1) is 7.19. The zero-order valence-corrected chi connectivity index (χ0v) is 8.03. The van der Waals surface area contributed by atoms with Crippen LogP contribution in [0.4, 0.5) is 4.39 Å². The summed E-state index contributed by atoms with van der Waals surface area (Å²) >= 11 is 0. The van der Waals surface area contributed by atoms with Gasteiger partial charge in [0.05, 0.1) is 12.7 Å². The van der Waals surface area contributed by atoms with Crippen LogP contribution >= 0.6 is 0 Å². The Morgan fingerprint density at radius 3 is 2.87 bits per heavy atom. The first-order valence-corrected chi connectivity index (χ1v) is 4.12. The monoisotopic (exact) mass is 212 g/mol. The molecule has 0 N–H and O–H groups in total. The van der Waals surface area contributed by atoms with E-state index in [1.54, 1.807) is 0 Å². The minimum atomic E-state index is -0.691. The number of ether oxygens (including phenoxy) is 2. The quantitative estimate of drug-likeness (QED) is 0.555. The molecule has 0 bridgehead atoms. The molecule has 1 aromatic carbocycles. The van der Waals surface area contributed by atoms with Gasteiger partial charge in [0, 0.05) is 0 Å². The molecule has 0 unspecified atom stereocenters. The fraction of sp³-hybridized carbons (Fsp3) is 0.200. The van der Waals surface area contributed by atoms with E-state index >= 15 is 0 Å². The lowest BCUT2D eigenvalue weighted by Crippen LogP contribution is -2.14. The molecule has 0 aliphatic rings. The summed E-state index contributed by atoms with van der Waals surface area (Å²) in [5.41, 5.74) is 0.0545. The van der Waals surface area contributed by atoms with E-state index in [1.165, 1.54) is 19.2 Å². The maximum Gasteiger partial charge on any atom is 0.343 e. The molecule has 0 aliphatic carbocycles. The highest BCUT2D eigenvalue weighted by Crippen LogP contribution is 2.20. The van der Waals surface area contributed by atoms with Crippen molar-refractivity contribution in [1.29, 1.82) is 0 Å². The Labute approximate surface area is 85.6 Å². The fourth-order valence-electron chi connectivity index (χ4n) is 0.961. The predicted octanol–water partition coefficient (Wildman–Crippen LogP) is 1.19. The Bertz CT molecular complexity index is 376. The average molecular weight is 212 g/mol. The number of rotatable bonds is 4. The molecule has 0 amide bonds. The van der Waals surface area contributed by atoms with Gasteiger partial charge in [-0.1, -0.05) is 6.07 Å². The van der Waals surface area contributed by atoms with Gasteiger partial charge in [-0.2, -0.15) is 0 Å². The second kappa shape index (κ2) is 5.09. The first kappa shape index (κ1) is 11.2. The minimum absolute atomic E-state index is 0.0545. The van der Waals surface area contributed by atoms with Crippen molar-refractivity contribution in [1.82, 2.24) is 0 Å². The lowest BCUT2D eigenvalue weighted by molar-refractivity contribution is -0.142. The van der Waals surface area contributed by atoms with E-state index in [2.05, 4.69) is 4.74 Å². The Morgan fingerprint density at radius 2 is 2.27 bits per heavy atom. The summed E-state index contributed by atoms with van der Waals surface area (Å²) in [5, 5.41) is 0. The second-order valence-corrected chi connectivity index (χ2v) is 2.64. The number of hydrogen-bond acceptors (Lipinski definition) is 4. The molecule has 1 rings (SSSR count).